The lowest BCUT2D eigenvalue weighted by atomic mass is 10.0. The summed E-state index contributed by atoms with van der Waals surface area (Å²) in [6, 6.07) is 8.59. The maximum atomic E-state index is 5.87. The molecule has 3 heteroatoms. The summed E-state index contributed by atoms with van der Waals surface area (Å²) in [6.07, 6.45) is 1.19. The Morgan fingerprint density at radius 1 is 1.40 bits per heavy atom. The van der Waals surface area contributed by atoms with Crippen LogP contribution in [-0.2, 0) is 0 Å². The maximum Gasteiger partial charge on any atom is 0.0407 e. The minimum Gasteiger partial charge on any atom is -0.368 e. The van der Waals surface area contributed by atoms with Crippen LogP contribution < -0.4 is 10.6 Å². The van der Waals surface area contributed by atoms with Crippen LogP contribution in [0.4, 0.5) is 5.69 Å². The summed E-state index contributed by atoms with van der Waals surface area (Å²) in [5.74, 6) is 0.626. The number of nitrogens with two attached hydrogens (primary N) is 1. The van der Waals surface area contributed by atoms with Gasteiger partial charge in [0.2, 0.25) is 0 Å². The maximum absolute atomic E-state index is 5.87. The minimum absolute atomic E-state index is 0.538. The summed E-state index contributed by atoms with van der Waals surface area (Å²) in [6.45, 7) is 4.13. The van der Waals surface area contributed by atoms with E-state index >= 15 is 0 Å². The van der Waals surface area contributed by atoms with Crippen molar-refractivity contribution in [1.82, 2.24) is 0 Å². The predicted octanol–water partition coefficient (Wildman–Crippen LogP) is 2.51. The van der Waals surface area contributed by atoms with Crippen molar-refractivity contribution in [3.63, 3.8) is 0 Å². The number of benzene rings is 1. The third-order valence-corrected chi connectivity index (χ3v) is 3.63. The average Bonchev–Trinajstić information content (AvgIpc) is 2.61. The molecule has 1 fully saturated rings. The van der Waals surface area contributed by atoms with Gasteiger partial charge in [-0.05, 0) is 50.1 Å². The molecule has 0 spiro atoms. The second-order valence-electron chi connectivity index (χ2n) is 4.19. The van der Waals surface area contributed by atoms with Gasteiger partial charge in [-0.15, -0.1) is 0 Å². The molecule has 1 aliphatic rings. The van der Waals surface area contributed by atoms with Gasteiger partial charge in [-0.2, -0.15) is 0 Å². The molecule has 1 saturated heterocycles. The summed E-state index contributed by atoms with van der Waals surface area (Å²) in [5.41, 5.74) is 6.99. The van der Waals surface area contributed by atoms with Gasteiger partial charge >= 0.3 is 0 Å². The first-order valence-electron chi connectivity index (χ1n) is 5.44. The predicted molar refractivity (Wildman–Crippen MR) is 65.4 cm³/mol. The van der Waals surface area contributed by atoms with Gasteiger partial charge in [0.25, 0.3) is 0 Å². The highest BCUT2D eigenvalue weighted by atomic mass is 35.5. The lowest BCUT2D eigenvalue weighted by molar-refractivity contribution is 0.508. The molecular formula is C12H17ClN2. The summed E-state index contributed by atoms with van der Waals surface area (Å²) in [7, 11) is 0. The van der Waals surface area contributed by atoms with Crippen molar-refractivity contribution in [1.29, 1.82) is 0 Å². The number of nitrogens with zero attached hydrogens (tertiary/aromatic N) is 1. The van der Waals surface area contributed by atoms with Crippen LogP contribution in [-0.4, -0.2) is 19.1 Å². The Kier molecular flexibility index (Phi) is 3.17. The fourth-order valence-corrected chi connectivity index (χ4v) is 2.44. The smallest absolute Gasteiger partial charge is 0.0407 e. The van der Waals surface area contributed by atoms with E-state index in [4.69, 9.17) is 17.3 Å². The Morgan fingerprint density at radius 2 is 2.07 bits per heavy atom. The average molecular weight is 225 g/mol. The second-order valence-corrected chi connectivity index (χ2v) is 4.63. The van der Waals surface area contributed by atoms with E-state index in [1.807, 2.05) is 12.1 Å². The fourth-order valence-electron chi connectivity index (χ4n) is 2.32. The molecule has 15 heavy (non-hydrogen) atoms. The van der Waals surface area contributed by atoms with Gasteiger partial charge in [0, 0.05) is 23.3 Å². The molecule has 0 saturated carbocycles. The zero-order valence-corrected chi connectivity index (χ0v) is 9.74. The topological polar surface area (TPSA) is 29.3 Å². The number of halogens is 1. The Morgan fingerprint density at radius 3 is 2.60 bits per heavy atom. The standard InChI is InChI=1S/C12H17ClN2/c1-9-10(8-14)6-7-15(9)12-4-2-11(13)3-5-12/h2-5,9-10H,6-8,14H2,1H3. The molecule has 1 aliphatic heterocycles. The number of rotatable bonds is 2. The molecule has 0 aliphatic carbocycles. The van der Waals surface area contributed by atoms with Gasteiger partial charge in [-0.3, -0.25) is 0 Å². The van der Waals surface area contributed by atoms with Gasteiger partial charge in [0.05, 0.1) is 0 Å². The van der Waals surface area contributed by atoms with E-state index in [1.54, 1.807) is 0 Å². The van der Waals surface area contributed by atoms with Crippen LogP contribution in [0, 0.1) is 5.92 Å². The molecule has 0 amide bonds. The molecule has 82 valence electrons. The van der Waals surface area contributed by atoms with Gasteiger partial charge in [-0.25, -0.2) is 0 Å². The van der Waals surface area contributed by atoms with Crippen molar-refractivity contribution in [3.8, 4) is 0 Å². The van der Waals surface area contributed by atoms with E-state index in [0.717, 1.165) is 18.1 Å². The van der Waals surface area contributed by atoms with E-state index in [0.29, 0.717) is 12.0 Å². The van der Waals surface area contributed by atoms with Crippen molar-refractivity contribution in [2.45, 2.75) is 19.4 Å². The summed E-state index contributed by atoms with van der Waals surface area (Å²) >= 11 is 5.87. The number of hydrogen-bond donors (Lipinski definition) is 1. The lowest BCUT2D eigenvalue weighted by Crippen LogP contribution is -2.32. The third-order valence-electron chi connectivity index (χ3n) is 3.38. The molecule has 2 unspecified atom stereocenters. The summed E-state index contributed by atoms with van der Waals surface area (Å²) < 4.78 is 0. The van der Waals surface area contributed by atoms with Gasteiger partial charge in [-0.1, -0.05) is 11.6 Å². The van der Waals surface area contributed by atoms with Gasteiger partial charge < -0.3 is 10.6 Å². The first-order chi connectivity index (χ1) is 7.22. The van der Waals surface area contributed by atoms with Crippen molar-refractivity contribution in [2.75, 3.05) is 18.0 Å². The highest BCUT2D eigenvalue weighted by Crippen LogP contribution is 2.29. The van der Waals surface area contributed by atoms with Crippen LogP contribution in [0.5, 0.6) is 0 Å². The van der Waals surface area contributed by atoms with E-state index in [-0.39, 0.29) is 0 Å². The van der Waals surface area contributed by atoms with Crippen molar-refractivity contribution in [3.05, 3.63) is 29.3 Å². The van der Waals surface area contributed by atoms with Gasteiger partial charge in [0.15, 0.2) is 0 Å². The zero-order valence-electron chi connectivity index (χ0n) is 8.99. The van der Waals surface area contributed by atoms with Crippen LogP contribution in [0.25, 0.3) is 0 Å². The van der Waals surface area contributed by atoms with E-state index in [2.05, 4.69) is 24.0 Å². The highest BCUT2D eigenvalue weighted by Gasteiger charge is 2.29. The molecule has 2 atom stereocenters. The molecule has 1 heterocycles. The first-order valence-corrected chi connectivity index (χ1v) is 5.82. The van der Waals surface area contributed by atoms with E-state index < -0.39 is 0 Å². The summed E-state index contributed by atoms with van der Waals surface area (Å²) in [5, 5.41) is 0.793. The Hall–Kier alpha value is -0.730. The molecular weight excluding hydrogens is 208 g/mol. The SMILES string of the molecule is CC1C(CN)CCN1c1ccc(Cl)cc1. The second kappa shape index (κ2) is 4.42. The quantitative estimate of drug-likeness (QED) is 0.837. The van der Waals surface area contributed by atoms with E-state index in [9.17, 15) is 0 Å². The largest absolute Gasteiger partial charge is 0.368 e. The first kappa shape index (κ1) is 10.8. The van der Waals surface area contributed by atoms with Crippen LogP contribution in [0.3, 0.4) is 0 Å². The molecule has 2 nitrogen and oxygen atoms in total. The van der Waals surface area contributed by atoms with Crippen molar-refractivity contribution in [2.24, 2.45) is 11.7 Å². The number of anilines is 1. The molecule has 0 aromatic heterocycles. The Balaban J connectivity index is 2.15. The van der Waals surface area contributed by atoms with Gasteiger partial charge in [0.1, 0.15) is 0 Å². The monoisotopic (exact) mass is 224 g/mol. The molecule has 1 aromatic rings. The molecule has 2 N–H and O–H groups in total. The number of hydrogen-bond acceptors (Lipinski definition) is 2. The van der Waals surface area contributed by atoms with Crippen molar-refractivity contribution < 1.29 is 0 Å². The minimum atomic E-state index is 0.538. The molecule has 1 aromatic carbocycles. The Labute approximate surface area is 96.0 Å². The normalized spacial score (nSPS) is 25.9. The molecule has 2 rings (SSSR count). The summed E-state index contributed by atoms with van der Waals surface area (Å²) in [4.78, 5) is 2.41. The Bertz CT molecular complexity index is 323. The molecule has 0 radical (unpaired) electrons. The zero-order chi connectivity index (χ0) is 10.8. The lowest BCUT2D eigenvalue weighted by Gasteiger charge is -2.26. The van der Waals surface area contributed by atoms with Crippen LogP contribution in [0.2, 0.25) is 5.02 Å². The van der Waals surface area contributed by atoms with Crippen molar-refractivity contribution >= 4 is 17.3 Å². The fraction of sp³-hybridized carbons (Fsp3) is 0.500. The third kappa shape index (κ3) is 2.11. The molecule has 0 bridgehead atoms. The van der Waals surface area contributed by atoms with Crippen LogP contribution in [0.15, 0.2) is 24.3 Å². The van der Waals surface area contributed by atoms with E-state index in [1.165, 1.54) is 12.1 Å². The van der Waals surface area contributed by atoms with Crippen LogP contribution in [0.1, 0.15) is 13.3 Å². The van der Waals surface area contributed by atoms with Crippen LogP contribution >= 0.6 is 11.6 Å². The highest BCUT2D eigenvalue weighted by molar-refractivity contribution is 6.30.